The standard InChI is InChI=1S/C35H51N5O4/c1-24(2)14-20-38(21-15-25(3)4)32(41)26-11-13-30-31(23-26)39(19-9-18-37-16-7-6-8-17-37)35-36-29-12-10-27(34(43)44-5)22-28(29)33(42)40(30)35/h11,13,23-25,27H,6-10,12,14-22H2,1-5H3. The van der Waals surface area contributed by atoms with Crippen LogP contribution in [-0.2, 0) is 28.9 Å². The number of imidazole rings is 1. The average molecular weight is 606 g/mol. The summed E-state index contributed by atoms with van der Waals surface area (Å²) >= 11 is 0. The van der Waals surface area contributed by atoms with Gasteiger partial charge in [-0.15, -0.1) is 0 Å². The number of aromatic nitrogens is 3. The van der Waals surface area contributed by atoms with E-state index in [1.54, 1.807) is 4.40 Å². The van der Waals surface area contributed by atoms with Gasteiger partial charge in [-0.1, -0.05) is 34.1 Å². The van der Waals surface area contributed by atoms with Crippen LogP contribution in [0.5, 0.6) is 0 Å². The van der Waals surface area contributed by atoms with Gasteiger partial charge in [-0.05, 0) is 101 Å². The minimum Gasteiger partial charge on any atom is -0.469 e. The van der Waals surface area contributed by atoms with Gasteiger partial charge in [0.25, 0.3) is 11.5 Å². The predicted molar refractivity (Wildman–Crippen MR) is 174 cm³/mol. The minimum atomic E-state index is -0.329. The van der Waals surface area contributed by atoms with Crippen LogP contribution in [-0.4, -0.2) is 75.5 Å². The second-order valence-corrected chi connectivity index (χ2v) is 13.7. The summed E-state index contributed by atoms with van der Waals surface area (Å²) in [4.78, 5) is 50.0. The molecule has 240 valence electrons. The van der Waals surface area contributed by atoms with Gasteiger partial charge in [0.1, 0.15) is 0 Å². The van der Waals surface area contributed by atoms with Crippen LogP contribution in [0.15, 0.2) is 23.0 Å². The molecule has 1 aromatic carbocycles. The van der Waals surface area contributed by atoms with Crippen molar-refractivity contribution >= 4 is 28.7 Å². The van der Waals surface area contributed by atoms with Crippen LogP contribution in [0.25, 0.3) is 16.8 Å². The molecule has 1 amide bonds. The van der Waals surface area contributed by atoms with Gasteiger partial charge in [-0.2, -0.15) is 0 Å². The highest BCUT2D eigenvalue weighted by atomic mass is 16.5. The SMILES string of the molecule is COC(=O)C1CCc2nc3n(CCCN4CCCCC4)c4cc(C(=O)N(CCC(C)C)CCC(C)C)ccc4n3c(=O)c2C1. The topological polar surface area (TPSA) is 89.2 Å². The highest BCUT2D eigenvalue weighted by molar-refractivity contribution is 5.98. The number of piperidine rings is 1. The highest BCUT2D eigenvalue weighted by Gasteiger charge is 2.30. The largest absolute Gasteiger partial charge is 0.469 e. The van der Waals surface area contributed by atoms with Gasteiger partial charge in [-0.25, -0.2) is 9.38 Å². The first-order valence-electron chi connectivity index (χ1n) is 16.8. The molecule has 44 heavy (non-hydrogen) atoms. The zero-order valence-electron chi connectivity index (χ0n) is 27.4. The first kappa shape index (κ1) is 32.2. The maximum atomic E-state index is 14.1. The molecule has 1 fully saturated rings. The Kier molecular flexibility index (Phi) is 10.4. The Labute approximate surface area is 261 Å². The smallest absolute Gasteiger partial charge is 0.309 e. The van der Waals surface area contributed by atoms with Crippen LogP contribution in [0.3, 0.4) is 0 Å². The van der Waals surface area contributed by atoms with Crippen LogP contribution >= 0.6 is 0 Å². The predicted octanol–water partition coefficient (Wildman–Crippen LogP) is 5.34. The number of rotatable bonds is 12. The number of hydrogen-bond acceptors (Lipinski definition) is 6. The van der Waals surface area contributed by atoms with Crippen LogP contribution < -0.4 is 5.56 Å². The third kappa shape index (κ3) is 7.03. The summed E-state index contributed by atoms with van der Waals surface area (Å²) < 4.78 is 8.86. The number of carbonyl (C=O) groups excluding carboxylic acids is 2. The molecule has 1 saturated heterocycles. The fourth-order valence-electron chi connectivity index (χ4n) is 6.78. The van der Waals surface area contributed by atoms with Crippen molar-refractivity contribution in [1.82, 2.24) is 23.8 Å². The van der Waals surface area contributed by atoms with Crippen molar-refractivity contribution in [2.24, 2.45) is 17.8 Å². The number of fused-ring (bicyclic) bond motifs is 4. The van der Waals surface area contributed by atoms with Gasteiger partial charge >= 0.3 is 5.97 Å². The molecular formula is C35H51N5O4. The quantitative estimate of drug-likeness (QED) is 0.259. The van der Waals surface area contributed by atoms with E-state index in [-0.39, 0.29) is 23.4 Å². The number of esters is 1. The normalized spacial score (nSPS) is 17.5. The molecule has 1 aliphatic carbocycles. The molecule has 0 saturated carbocycles. The lowest BCUT2D eigenvalue weighted by atomic mass is 9.87. The van der Waals surface area contributed by atoms with E-state index in [0.717, 1.165) is 68.7 Å². The molecule has 9 heteroatoms. The van der Waals surface area contributed by atoms with Crippen LogP contribution in [0, 0.1) is 17.8 Å². The lowest BCUT2D eigenvalue weighted by Gasteiger charge is -2.26. The van der Waals surface area contributed by atoms with Crippen molar-refractivity contribution in [3.63, 3.8) is 0 Å². The number of ether oxygens (including phenoxy) is 1. The van der Waals surface area contributed by atoms with Gasteiger partial charge < -0.3 is 19.1 Å². The monoisotopic (exact) mass is 605 g/mol. The van der Waals surface area contributed by atoms with Gasteiger partial charge in [-0.3, -0.25) is 14.4 Å². The fraction of sp³-hybridized carbons (Fsp3) is 0.657. The molecule has 0 N–H and O–H groups in total. The molecular weight excluding hydrogens is 554 g/mol. The van der Waals surface area contributed by atoms with E-state index >= 15 is 0 Å². The number of aryl methyl sites for hydroxylation is 2. The number of methoxy groups -OCH3 is 1. The van der Waals surface area contributed by atoms with Crippen molar-refractivity contribution in [3.05, 3.63) is 45.4 Å². The molecule has 0 bridgehead atoms. The van der Waals surface area contributed by atoms with E-state index in [4.69, 9.17) is 9.72 Å². The maximum absolute atomic E-state index is 14.1. The van der Waals surface area contributed by atoms with Crippen LogP contribution in [0.2, 0.25) is 0 Å². The molecule has 1 atom stereocenters. The molecule has 1 unspecified atom stereocenters. The zero-order chi connectivity index (χ0) is 31.4. The number of carbonyl (C=O) groups is 2. The number of amides is 1. The van der Waals surface area contributed by atoms with Crippen LogP contribution in [0.4, 0.5) is 0 Å². The maximum Gasteiger partial charge on any atom is 0.309 e. The van der Waals surface area contributed by atoms with Gasteiger partial charge in [0.15, 0.2) is 0 Å². The summed E-state index contributed by atoms with van der Waals surface area (Å²) in [6, 6.07) is 5.75. The second kappa shape index (κ2) is 14.3. The molecule has 3 aromatic rings. The Morgan fingerprint density at radius 2 is 1.70 bits per heavy atom. The Morgan fingerprint density at radius 1 is 1.00 bits per heavy atom. The van der Waals surface area contributed by atoms with Crippen molar-refractivity contribution in [1.29, 1.82) is 0 Å². The molecule has 5 rings (SSSR count). The van der Waals surface area contributed by atoms with Gasteiger partial charge in [0, 0.05) is 30.8 Å². The van der Waals surface area contributed by atoms with Crippen molar-refractivity contribution < 1.29 is 14.3 Å². The summed E-state index contributed by atoms with van der Waals surface area (Å²) in [5, 5.41) is 0. The number of benzene rings is 1. The molecule has 0 spiro atoms. The van der Waals surface area contributed by atoms with E-state index in [1.165, 1.54) is 26.4 Å². The Hall–Kier alpha value is -3.20. The fourth-order valence-corrected chi connectivity index (χ4v) is 6.78. The van der Waals surface area contributed by atoms with E-state index in [9.17, 15) is 14.4 Å². The molecule has 1 aliphatic heterocycles. The zero-order valence-corrected chi connectivity index (χ0v) is 27.4. The van der Waals surface area contributed by atoms with Gasteiger partial charge in [0.2, 0.25) is 5.78 Å². The summed E-state index contributed by atoms with van der Waals surface area (Å²) in [5.41, 5.74) is 3.52. The van der Waals surface area contributed by atoms with E-state index < -0.39 is 0 Å². The molecule has 2 aromatic heterocycles. The third-order valence-electron chi connectivity index (χ3n) is 9.50. The lowest BCUT2D eigenvalue weighted by molar-refractivity contribution is -0.145. The Morgan fingerprint density at radius 3 is 2.36 bits per heavy atom. The van der Waals surface area contributed by atoms with Crippen molar-refractivity contribution in [2.45, 2.75) is 92.0 Å². The van der Waals surface area contributed by atoms with E-state index in [0.29, 0.717) is 54.5 Å². The van der Waals surface area contributed by atoms with Crippen LogP contribution in [0.1, 0.15) is 94.3 Å². The summed E-state index contributed by atoms with van der Waals surface area (Å²) in [6.07, 6.45) is 8.20. The first-order valence-corrected chi connectivity index (χ1v) is 16.8. The molecule has 0 radical (unpaired) electrons. The number of hydrogen-bond donors (Lipinski definition) is 0. The number of likely N-dealkylation sites (tertiary alicyclic amines) is 1. The van der Waals surface area contributed by atoms with Crippen molar-refractivity contribution in [2.75, 3.05) is 39.8 Å². The summed E-state index contributed by atoms with van der Waals surface area (Å²) in [6.45, 7) is 14.2. The summed E-state index contributed by atoms with van der Waals surface area (Å²) in [5.74, 6) is 1.08. The highest BCUT2D eigenvalue weighted by Crippen LogP contribution is 2.27. The minimum absolute atomic E-state index is 0.0406. The third-order valence-corrected chi connectivity index (χ3v) is 9.50. The first-order chi connectivity index (χ1) is 21.2. The molecule has 2 aliphatic rings. The summed E-state index contributed by atoms with van der Waals surface area (Å²) in [7, 11) is 1.40. The Balaban J connectivity index is 1.55. The second-order valence-electron chi connectivity index (χ2n) is 13.7. The Bertz CT molecular complexity index is 1520. The lowest BCUT2D eigenvalue weighted by Crippen LogP contribution is -2.34. The van der Waals surface area contributed by atoms with E-state index in [1.807, 2.05) is 23.1 Å². The molecule has 3 heterocycles. The average Bonchev–Trinajstić information content (AvgIpc) is 3.33. The molecule has 9 nitrogen and oxygen atoms in total. The van der Waals surface area contributed by atoms with Crippen molar-refractivity contribution in [3.8, 4) is 0 Å². The van der Waals surface area contributed by atoms with E-state index in [2.05, 4.69) is 37.2 Å². The number of nitrogens with zero attached hydrogens (tertiary/aromatic N) is 5. The van der Waals surface area contributed by atoms with Gasteiger partial charge in [0.05, 0.1) is 29.8 Å².